The molecule has 2 rings (SSSR count). The van der Waals surface area contributed by atoms with E-state index in [1.807, 2.05) is 0 Å². The van der Waals surface area contributed by atoms with Crippen molar-refractivity contribution in [2.45, 2.75) is 19.4 Å². The van der Waals surface area contributed by atoms with Gasteiger partial charge in [0.1, 0.15) is 0 Å². The van der Waals surface area contributed by atoms with E-state index >= 15 is 0 Å². The molecule has 17 heavy (non-hydrogen) atoms. The molecule has 0 aliphatic carbocycles. The third kappa shape index (κ3) is 2.80. The molecule has 3 heteroatoms. The minimum absolute atomic E-state index is 0.429. The second-order valence-electron chi connectivity index (χ2n) is 4.73. The molecule has 4 N–H and O–H groups in total. The van der Waals surface area contributed by atoms with Crippen LogP contribution in [0.15, 0.2) is 36.5 Å². The zero-order valence-electron chi connectivity index (χ0n) is 10.2. The van der Waals surface area contributed by atoms with Gasteiger partial charge in [0.15, 0.2) is 0 Å². The van der Waals surface area contributed by atoms with Crippen molar-refractivity contribution in [1.82, 2.24) is 0 Å². The van der Waals surface area contributed by atoms with Crippen LogP contribution in [0.1, 0.15) is 18.4 Å². The van der Waals surface area contributed by atoms with Gasteiger partial charge in [0.25, 0.3) is 0 Å². The molecule has 1 unspecified atom stereocenters. The Morgan fingerprint density at radius 2 is 2.06 bits per heavy atom. The molecule has 1 aromatic rings. The first-order valence-electron chi connectivity index (χ1n) is 6.19. The summed E-state index contributed by atoms with van der Waals surface area (Å²) in [6, 6.07) is 8.47. The number of nitrogens with two attached hydrogens (primary N) is 2. The zero-order valence-corrected chi connectivity index (χ0v) is 10.2. The van der Waals surface area contributed by atoms with Gasteiger partial charge < -0.3 is 16.4 Å². The molecule has 1 aliphatic heterocycles. The van der Waals surface area contributed by atoms with Gasteiger partial charge in [-0.1, -0.05) is 18.7 Å². The topological polar surface area (TPSA) is 55.3 Å². The highest BCUT2D eigenvalue weighted by atomic mass is 15.1. The third-order valence-corrected chi connectivity index (χ3v) is 3.48. The van der Waals surface area contributed by atoms with E-state index in [0.717, 1.165) is 25.2 Å². The van der Waals surface area contributed by atoms with Crippen molar-refractivity contribution in [2.75, 3.05) is 18.0 Å². The Morgan fingerprint density at radius 3 is 2.65 bits per heavy atom. The molecule has 0 aromatic heterocycles. The normalized spacial score (nSPS) is 20.3. The summed E-state index contributed by atoms with van der Waals surface area (Å²) in [5, 5.41) is 0. The van der Waals surface area contributed by atoms with Crippen molar-refractivity contribution in [3.8, 4) is 0 Å². The van der Waals surface area contributed by atoms with Gasteiger partial charge in [0.05, 0.1) is 0 Å². The monoisotopic (exact) mass is 231 g/mol. The lowest BCUT2D eigenvalue weighted by atomic mass is 9.95. The molecule has 0 saturated carbocycles. The molecule has 92 valence electrons. The van der Waals surface area contributed by atoms with E-state index in [0.29, 0.717) is 12.5 Å². The first kappa shape index (κ1) is 12.0. The van der Waals surface area contributed by atoms with Crippen molar-refractivity contribution in [1.29, 1.82) is 0 Å². The van der Waals surface area contributed by atoms with Crippen LogP contribution in [-0.2, 0) is 6.54 Å². The molecule has 0 amide bonds. The number of benzene rings is 1. The van der Waals surface area contributed by atoms with Crippen molar-refractivity contribution >= 4 is 5.69 Å². The molecule has 0 spiro atoms. The minimum Gasteiger partial charge on any atom is -0.402 e. The lowest BCUT2D eigenvalue weighted by Gasteiger charge is -2.34. The molecule has 1 fully saturated rings. The molecule has 1 atom stereocenters. The van der Waals surface area contributed by atoms with Crippen molar-refractivity contribution in [2.24, 2.45) is 17.4 Å². The van der Waals surface area contributed by atoms with Gasteiger partial charge in [-0.3, -0.25) is 0 Å². The Hall–Kier alpha value is -1.48. The minimum atomic E-state index is 0.429. The zero-order chi connectivity index (χ0) is 12.3. The Labute approximate surface area is 103 Å². The van der Waals surface area contributed by atoms with Gasteiger partial charge in [-0.25, -0.2) is 0 Å². The fourth-order valence-corrected chi connectivity index (χ4v) is 2.36. The summed E-state index contributed by atoms with van der Waals surface area (Å²) >= 11 is 0. The van der Waals surface area contributed by atoms with E-state index < -0.39 is 0 Å². The highest BCUT2D eigenvalue weighted by molar-refractivity contribution is 5.48. The molecular formula is C14H21N3. The van der Waals surface area contributed by atoms with Gasteiger partial charge in [-0.05, 0) is 30.5 Å². The van der Waals surface area contributed by atoms with Gasteiger partial charge in [-0.15, -0.1) is 0 Å². The molecule has 3 nitrogen and oxygen atoms in total. The summed E-state index contributed by atoms with van der Waals surface area (Å²) < 4.78 is 0. The fraction of sp³-hybridized carbons (Fsp3) is 0.429. The van der Waals surface area contributed by atoms with Gasteiger partial charge in [0.2, 0.25) is 0 Å². The van der Waals surface area contributed by atoms with Crippen LogP contribution in [0.4, 0.5) is 5.69 Å². The second-order valence-corrected chi connectivity index (χ2v) is 4.73. The summed E-state index contributed by atoms with van der Waals surface area (Å²) in [6.07, 6.45) is 2.34. The summed E-state index contributed by atoms with van der Waals surface area (Å²) in [5.74, 6) is 0.429. The quantitative estimate of drug-likeness (QED) is 0.834. The summed E-state index contributed by atoms with van der Waals surface area (Å²) in [5.41, 5.74) is 14.7. The number of anilines is 1. The average molecular weight is 231 g/mol. The summed E-state index contributed by atoms with van der Waals surface area (Å²) in [6.45, 7) is 6.55. The van der Waals surface area contributed by atoms with Crippen LogP contribution in [0, 0.1) is 5.92 Å². The van der Waals surface area contributed by atoms with E-state index in [-0.39, 0.29) is 0 Å². The van der Waals surface area contributed by atoms with E-state index in [4.69, 9.17) is 11.5 Å². The largest absolute Gasteiger partial charge is 0.402 e. The standard InChI is InChI=1S/C14H21N3/c1-11(16)13-3-2-8-17(10-13)14-6-4-12(9-15)5-7-14/h4-7,13H,1-3,8-10,15-16H2. The fourth-order valence-electron chi connectivity index (χ4n) is 2.36. The maximum Gasteiger partial charge on any atom is 0.0366 e. The number of hydrogen-bond donors (Lipinski definition) is 2. The number of piperidine rings is 1. The van der Waals surface area contributed by atoms with Crippen molar-refractivity contribution in [3.05, 3.63) is 42.1 Å². The molecule has 0 radical (unpaired) electrons. The van der Waals surface area contributed by atoms with E-state index in [2.05, 4.69) is 35.7 Å². The molecular weight excluding hydrogens is 210 g/mol. The van der Waals surface area contributed by atoms with E-state index in [9.17, 15) is 0 Å². The number of rotatable bonds is 3. The van der Waals surface area contributed by atoms with Gasteiger partial charge in [0, 0.05) is 36.9 Å². The third-order valence-electron chi connectivity index (χ3n) is 3.48. The Kier molecular flexibility index (Phi) is 3.69. The lowest BCUT2D eigenvalue weighted by Crippen LogP contribution is -2.37. The van der Waals surface area contributed by atoms with Crippen molar-refractivity contribution in [3.63, 3.8) is 0 Å². The van der Waals surface area contributed by atoms with Crippen LogP contribution in [0.2, 0.25) is 0 Å². The predicted octanol–water partition coefficient (Wildman–Crippen LogP) is 1.83. The second kappa shape index (κ2) is 5.23. The van der Waals surface area contributed by atoms with Crippen LogP contribution >= 0.6 is 0 Å². The van der Waals surface area contributed by atoms with Gasteiger partial charge in [-0.2, -0.15) is 0 Å². The maximum atomic E-state index is 5.82. The van der Waals surface area contributed by atoms with Crippen LogP contribution < -0.4 is 16.4 Å². The molecule has 1 aromatic carbocycles. The number of hydrogen-bond acceptors (Lipinski definition) is 3. The van der Waals surface area contributed by atoms with Crippen LogP contribution in [-0.4, -0.2) is 13.1 Å². The van der Waals surface area contributed by atoms with Crippen LogP contribution in [0.5, 0.6) is 0 Å². The highest BCUT2D eigenvalue weighted by Gasteiger charge is 2.20. The first-order valence-corrected chi connectivity index (χ1v) is 6.19. The van der Waals surface area contributed by atoms with E-state index in [1.54, 1.807) is 0 Å². The smallest absolute Gasteiger partial charge is 0.0366 e. The molecule has 1 heterocycles. The highest BCUT2D eigenvalue weighted by Crippen LogP contribution is 2.25. The number of nitrogens with zero attached hydrogens (tertiary/aromatic N) is 1. The SMILES string of the molecule is C=C(N)C1CCCN(c2ccc(CN)cc2)C1. The predicted molar refractivity (Wildman–Crippen MR) is 72.6 cm³/mol. The Balaban J connectivity index is 2.08. The Bertz CT molecular complexity index is 383. The Morgan fingerprint density at radius 1 is 1.35 bits per heavy atom. The first-order chi connectivity index (χ1) is 8.20. The molecule has 0 bridgehead atoms. The summed E-state index contributed by atoms with van der Waals surface area (Å²) in [4.78, 5) is 2.38. The van der Waals surface area contributed by atoms with E-state index in [1.165, 1.54) is 17.7 Å². The molecule has 1 aliphatic rings. The van der Waals surface area contributed by atoms with Crippen molar-refractivity contribution < 1.29 is 0 Å². The van der Waals surface area contributed by atoms with Crippen LogP contribution in [0.25, 0.3) is 0 Å². The van der Waals surface area contributed by atoms with Crippen LogP contribution in [0.3, 0.4) is 0 Å². The summed E-state index contributed by atoms with van der Waals surface area (Å²) in [7, 11) is 0. The maximum absolute atomic E-state index is 5.82. The lowest BCUT2D eigenvalue weighted by molar-refractivity contribution is 0.464. The molecule has 1 saturated heterocycles. The van der Waals surface area contributed by atoms with Gasteiger partial charge >= 0.3 is 0 Å². The average Bonchev–Trinajstić information content (AvgIpc) is 2.39.